The van der Waals surface area contributed by atoms with E-state index in [4.69, 9.17) is 14.7 Å². The molecule has 5 heteroatoms. The van der Waals surface area contributed by atoms with Gasteiger partial charge in [0.2, 0.25) is 0 Å². The van der Waals surface area contributed by atoms with Crippen LogP contribution >= 0.6 is 0 Å². The van der Waals surface area contributed by atoms with E-state index in [0.29, 0.717) is 11.4 Å². The molecule has 0 radical (unpaired) electrons. The van der Waals surface area contributed by atoms with Gasteiger partial charge in [0, 0.05) is 28.6 Å². The molecule has 0 bridgehead atoms. The number of para-hydroxylation sites is 5. The molecule has 0 aliphatic carbocycles. The zero-order chi connectivity index (χ0) is 32.1. The van der Waals surface area contributed by atoms with Gasteiger partial charge in [0.15, 0.2) is 0 Å². The fourth-order valence-corrected chi connectivity index (χ4v) is 7.25. The zero-order valence-electron chi connectivity index (χ0n) is 25.9. The Morgan fingerprint density at radius 1 is 0.583 bits per heavy atom. The monoisotopic (exact) mass is 619 g/mol. The highest BCUT2D eigenvalue weighted by Crippen LogP contribution is 2.55. The van der Waals surface area contributed by atoms with Crippen molar-refractivity contribution in [2.24, 2.45) is 0 Å². The second-order valence-electron chi connectivity index (χ2n) is 11.9. The van der Waals surface area contributed by atoms with E-state index in [1.807, 2.05) is 79.0 Å². The number of ether oxygens (including phenoxy) is 1. The molecule has 9 rings (SSSR count). The Bertz CT molecular complexity index is 2410. The number of nitrogens with zero attached hydrogens (tertiary/aromatic N) is 3. The van der Waals surface area contributed by atoms with Crippen LogP contribution in [-0.2, 0) is 5.41 Å². The first-order valence-electron chi connectivity index (χ1n) is 16.0. The van der Waals surface area contributed by atoms with E-state index in [1.54, 1.807) is 6.07 Å². The molecule has 0 atom stereocenters. The molecular weight excluding hydrogens is 590 g/mol. The van der Waals surface area contributed by atoms with Crippen LogP contribution in [0.3, 0.4) is 0 Å². The number of benzene rings is 6. The molecule has 0 saturated carbocycles. The number of hydrogen-bond acceptors (Lipinski definition) is 4. The number of phenolic OH excluding ortho intramolecular Hbond substituents is 1. The molecule has 2 aromatic heterocycles. The summed E-state index contributed by atoms with van der Waals surface area (Å²) in [6.45, 7) is 0. The Kier molecular flexibility index (Phi) is 6.44. The van der Waals surface area contributed by atoms with Gasteiger partial charge in [-0.2, -0.15) is 0 Å². The van der Waals surface area contributed by atoms with Gasteiger partial charge < -0.3 is 9.84 Å². The zero-order valence-corrected chi connectivity index (χ0v) is 25.9. The molecule has 0 fully saturated rings. The van der Waals surface area contributed by atoms with Crippen molar-refractivity contribution >= 4 is 11.0 Å². The van der Waals surface area contributed by atoms with E-state index in [2.05, 4.69) is 89.5 Å². The van der Waals surface area contributed by atoms with Gasteiger partial charge in [-0.05, 0) is 71.8 Å². The highest BCUT2D eigenvalue weighted by Gasteiger charge is 2.46. The van der Waals surface area contributed by atoms with Crippen LogP contribution in [0.25, 0.3) is 39.2 Å². The van der Waals surface area contributed by atoms with Crippen LogP contribution in [0.1, 0.15) is 22.4 Å². The molecule has 1 aliphatic heterocycles. The normalized spacial score (nSPS) is 13.0. The summed E-state index contributed by atoms with van der Waals surface area (Å²) in [5.74, 6) is 2.48. The molecule has 1 aliphatic rings. The first kappa shape index (κ1) is 27.8. The average Bonchev–Trinajstić information content (AvgIpc) is 3.54. The van der Waals surface area contributed by atoms with Gasteiger partial charge in [0.1, 0.15) is 23.1 Å². The van der Waals surface area contributed by atoms with E-state index in [-0.39, 0.29) is 5.75 Å². The van der Waals surface area contributed by atoms with Crippen LogP contribution in [0, 0.1) is 0 Å². The summed E-state index contributed by atoms with van der Waals surface area (Å²) in [5, 5.41) is 11.0. The second-order valence-corrected chi connectivity index (χ2v) is 11.9. The summed E-state index contributed by atoms with van der Waals surface area (Å²) in [4.78, 5) is 10.3. The smallest absolute Gasteiger partial charge is 0.149 e. The Morgan fingerprint density at radius 3 is 2.00 bits per heavy atom. The molecule has 0 unspecified atom stereocenters. The number of rotatable bonds is 5. The molecular formula is C43H29N3O2. The van der Waals surface area contributed by atoms with Crippen LogP contribution in [-0.4, -0.2) is 19.6 Å². The predicted molar refractivity (Wildman–Crippen MR) is 190 cm³/mol. The maximum absolute atomic E-state index is 11.0. The Labute approximate surface area is 278 Å². The molecule has 0 spiro atoms. The highest BCUT2D eigenvalue weighted by molar-refractivity contribution is 5.96. The summed E-state index contributed by atoms with van der Waals surface area (Å²) < 4.78 is 8.62. The van der Waals surface area contributed by atoms with Crippen molar-refractivity contribution in [1.82, 2.24) is 14.5 Å². The molecule has 8 aromatic rings. The third kappa shape index (κ3) is 4.18. The minimum atomic E-state index is -0.735. The fourth-order valence-electron chi connectivity index (χ4n) is 7.25. The lowest BCUT2D eigenvalue weighted by Gasteiger charge is -2.40. The average molecular weight is 620 g/mol. The van der Waals surface area contributed by atoms with Gasteiger partial charge in [-0.15, -0.1) is 0 Å². The first-order chi connectivity index (χ1) is 23.7. The molecule has 0 saturated heterocycles. The molecule has 228 valence electrons. The van der Waals surface area contributed by atoms with Crippen molar-refractivity contribution in [2.45, 2.75) is 5.41 Å². The Balaban J connectivity index is 1.32. The summed E-state index contributed by atoms with van der Waals surface area (Å²) >= 11 is 0. The van der Waals surface area contributed by atoms with Crippen LogP contribution in [0.15, 0.2) is 170 Å². The number of phenols is 1. The standard InChI is InChI=1S/C43H29N3O2/c47-37-23-7-4-18-33(37)42-45-41-32(19-13-22-36(41)46(42)31-16-2-1-3-17-31)29-14-12-15-30(28-29)43(40-26-10-11-27-44-40)34-20-5-8-24-38(34)48-39-25-9-6-21-35(39)43/h1-28,47H. The first-order valence-corrected chi connectivity index (χ1v) is 16.0. The van der Waals surface area contributed by atoms with Crippen LogP contribution in [0.4, 0.5) is 0 Å². The number of aromatic nitrogens is 3. The van der Waals surface area contributed by atoms with Gasteiger partial charge in [-0.25, -0.2) is 4.98 Å². The minimum Gasteiger partial charge on any atom is -0.507 e. The number of hydrogen-bond donors (Lipinski definition) is 1. The third-order valence-electron chi connectivity index (χ3n) is 9.30. The number of imidazole rings is 1. The van der Waals surface area contributed by atoms with E-state index >= 15 is 0 Å². The summed E-state index contributed by atoms with van der Waals surface area (Å²) in [6, 6.07) is 55.2. The van der Waals surface area contributed by atoms with E-state index < -0.39 is 5.41 Å². The number of pyridine rings is 1. The number of fused-ring (bicyclic) bond motifs is 3. The molecule has 6 aromatic carbocycles. The van der Waals surface area contributed by atoms with E-state index in [1.165, 1.54) is 0 Å². The summed E-state index contributed by atoms with van der Waals surface area (Å²) in [7, 11) is 0. The van der Waals surface area contributed by atoms with E-state index in [9.17, 15) is 5.11 Å². The predicted octanol–water partition coefficient (Wildman–Crippen LogP) is 9.95. The second kappa shape index (κ2) is 11.1. The van der Waals surface area contributed by atoms with Crippen molar-refractivity contribution in [1.29, 1.82) is 0 Å². The lowest BCUT2D eigenvalue weighted by atomic mass is 9.65. The Hall–Kier alpha value is -6.46. The van der Waals surface area contributed by atoms with Gasteiger partial charge in [0.05, 0.1) is 27.7 Å². The maximum Gasteiger partial charge on any atom is 0.149 e. The SMILES string of the molecule is Oc1ccccc1-c1nc2c(-c3cccc(C4(c5ccccn5)c5ccccc5Oc5ccccc54)c3)cccc2n1-c1ccccc1. The molecule has 1 N–H and O–H groups in total. The van der Waals surface area contributed by atoms with Crippen LogP contribution < -0.4 is 4.74 Å². The van der Waals surface area contributed by atoms with Crippen molar-refractivity contribution in [2.75, 3.05) is 0 Å². The molecule has 3 heterocycles. The number of aromatic hydroxyl groups is 1. The van der Waals surface area contributed by atoms with Crippen LogP contribution in [0.5, 0.6) is 17.2 Å². The highest BCUT2D eigenvalue weighted by atomic mass is 16.5. The van der Waals surface area contributed by atoms with Gasteiger partial charge in [-0.3, -0.25) is 9.55 Å². The topological polar surface area (TPSA) is 60.2 Å². The van der Waals surface area contributed by atoms with Gasteiger partial charge >= 0.3 is 0 Å². The molecule has 0 amide bonds. The third-order valence-corrected chi connectivity index (χ3v) is 9.30. The largest absolute Gasteiger partial charge is 0.507 e. The van der Waals surface area contributed by atoms with Crippen LogP contribution in [0.2, 0.25) is 0 Å². The van der Waals surface area contributed by atoms with Crippen molar-refractivity contribution in [3.8, 4) is 45.5 Å². The van der Waals surface area contributed by atoms with Crippen molar-refractivity contribution in [3.05, 3.63) is 192 Å². The van der Waals surface area contributed by atoms with E-state index in [0.717, 1.165) is 61.7 Å². The maximum atomic E-state index is 11.0. The van der Waals surface area contributed by atoms with Crippen molar-refractivity contribution in [3.63, 3.8) is 0 Å². The Morgan fingerprint density at radius 2 is 1.25 bits per heavy atom. The van der Waals surface area contributed by atoms with Crippen molar-refractivity contribution < 1.29 is 9.84 Å². The van der Waals surface area contributed by atoms with Gasteiger partial charge in [-0.1, -0.05) is 103 Å². The fraction of sp³-hybridized carbons (Fsp3) is 0.0233. The molecule has 5 nitrogen and oxygen atoms in total. The summed E-state index contributed by atoms with van der Waals surface area (Å²) in [6.07, 6.45) is 1.86. The summed E-state index contributed by atoms with van der Waals surface area (Å²) in [5.41, 5.74) is 8.76. The quantitative estimate of drug-likeness (QED) is 0.208. The lowest BCUT2D eigenvalue weighted by molar-refractivity contribution is 0.432. The molecule has 48 heavy (non-hydrogen) atoms. The lowest BCUT2D eigenvalue weighted by Crippen LogP contribution is -2.35. The minimum absolute atomic E-state index is 0.183. The van der Waals surface area contributed by atoms with Gasteiger partial charge in [0.25, 0.3) is 0 Å².